The van der Waals surface area contributed by atoms with Crippen LogP contribution in [0.25, 0.3) is 0 Å². The van der Waals surface area contributed by atoms with Crippen molar-refractivity contribution in [3.63, 3.8) is 0 Å². The maximum absolute atomic E-state index is 12.7. The Balaban J connectivity index is 2.48. The molecule has 0 saturated heterocycles. The van der Waals surface area contributed by atoms with Crippen molar-refractivity contribution in [2.75, 3.05) is 0 Å². The summed E-state index contributed by atoms with van der Waals surface area (Å²) in [6.07, 6.45) is -3.10. The molecular formula is C9H5F4N. The molecule has 1 aliphatic rings. The van der Waals surface area contributed by atoms with E-state index in [4.69, 9.17) is 0 Å². The lowest BCUT2D eigenvalue weighted by molar-refractivity contribution is -0.138. The molecule has 1 aromatic carbocycles. The molecule has 1 nitrogen and oxygen atoms in total. The van der Waals surface area contributed by atoms with Gasteiger partial charge in [-0.15, -0.1) is 0 Å². The lowest BCUT2D eigenvalue weighted by Gasteiger charge is -2.11. The zero-order chi connectivity index (χ0) is 10.3. The van der Waals surface area contributed by atoms with E-state index in [9.17, 15) is 17.6 Å². The summed E-state index contributed by atoms with van der Waals surface area (Å²) in [7, 11) is 0. The van der Waals surface area contributed by atoms with Crippen LogP contribution in [0.3, 0.4) is 0 Å². The van der Waals surface area contributed by atoms with Crippen LogP contribution in [-0.4, -0.2) is 6.21 Å². The Morgan fingerprint density at radius 3 is 2.36 bits per heavy atom. The first kappa shape index (κ1) is 9.18. The molecule has 0 fully saturated rings. The van der Waals surface area contributed by atoms with Gasteiger partial charge in [0.25, 0.3) is 0 Å². The molecule has 5 heteroatoms. The molecule has 1 aromatic rings. The Morgan fingerprint density at radius 1 is 1.21 bits per heavy atom. The van der Waals surface area contributed by atoms with E-state index in [0.29, 0.717) is 0 Å². The van der Waals surface area contributed by atoms with Crippen LogP contribution >= 0.6 is 0 Å². The smallest absolute Gasteiger partial charge is 0.281 e. The highest BCUT2D eigenvalue weighted by atomic mass is 19.4. The van der Waals surface area contributed by atoms with Gasteiger partial charge in [-0.2, -0.15) is 13.2 Å². The fraction of sp³-hybridized carbons (Fsp3) is 0.222. The third-order valence-electron chi connectivity index (χ3n) is 1.94. The van der Waals surface area contributed by atoms with Gasteiger partial charge in [-0.25, -0.2) is 4.39 Å². The molecule has 0 saturated carbocycles. The molecule has 1 aliphatic heterocycles. The molecule has 1 atom stereocenters. The van der Waals surface area contributed by atoms with Crippen LogP contribution in [-0.2, 0) is 6.18 Å². The first-order valence-electron chi connectivity index (χ1n) is 3.88. The van der Waals surface area contributed by atoms with Crippen molar-refractivity contribution in [3.05, 3.63) is 35.1 Å². The average molecular weight is 203 g/mol. The Morgan fingerprint density at radius 2 is 1.86 bits per heavy atom. The van der Waals surface area contributed by atoms with Crippen molar-refractivity contribution in [1.29, 1.82) is 0 Å². The molecule has 0 aromatic heterocycles. The highest BCUT2D eigenvalue weighted by Gasteiger charge is 2.36. The Kier molecular flexibility index (Phi) is 1.83. The van der Waals surface area contributed by atoms with Crippen LogP contribution in [0.2, 0.25) is 0 Å². The molecule has 74 valence electrons. The molecule has 0 bridgehead atoms. The lowest BCUT2D eigenvalue weighted by Crippen LogP contribution is -2.09. The van der Waals surface area contributed by atoms with Gasteiger partial charge in [0.15, 0.2) is 0 Å². The monoisotopic (exact) mass is 203 g/mol. The molecule has 0 amide bonds. The van der Waals surface area contributed by atoms with E-state index in [-0.39, 0.29) is 5.56 Å². The Bertz CT molecular complexity index is 388. The van der Waals surface area contributed by atoms with Crippen LogP contribution in [0.15, 0.2) is 23.2 Å². The number of benzene rings is 1. The van der Waals surface area contributed by atoms with Crippen LogP contribution < -0.4 is 0 Å². The van der Waals surface area contributed by atoms with Gasteiger partial charge in [0.05, 0.1) is 5.56 Å². The molecule has 0 radical (unpaired) electrons. The average Bonchev–Trinajstić information content (AvgIpc) is 2.83. The van der Waals surface area contributed by atoms with Crippen molar-refractivity contribution in [1.82, 2.24) is 0 Å². The number of hydrogen-bond acceptors (Lipinski definition) is 1. The van der Waals surface area contributed by atoms with Crippen molar-refractivity contribution in [3.8, 4) is 0 Å². The zero-order valence-electron chi connectivity index (χ0n) is 6.85. The quantitative estimate of drug-likeness (QED) is 0.622. The van der Waals surface area contributed by atoms with E-state index in [0.717, 1.165) is 18.2 Å². The number of halogens is 4. The van der Waals surface area contributed by atoms with E-state index in [1.54, 1.807) is 0 Å². The standard InChI is InChI=1S/C9H5F4N/c10-5-1-2-7(9(11,12)13)6(3-5)8-4-14-8/h1-4,8H. The van der Waals surface area contributed by atoms with Crippen molar-refractivity contribution < 1.29 is 17.6 Å². The molecule has 1 unspecified atom stereocenters. The van der Waals surface area contributed by atoms with Crippen molar-refractivity contribution in [2.24, 2.45) is 4.99 Å². The van der Waals surface area contributed by atoms with Crippen molar-refractivity contribution in [2.45, 2.75) is 12.2 Å². The summed E-state index contributed by atoms with van der Waals surface area (Å²) in [6, 6.07) is 1.82. The van der Waals surface area contributed by atoms with Gasteiger partial charge in [0, 0.05) is 6.21 Å². The van der Waals surface area contributed by atoms with Crippen LogP contribution in [0, 0.1) is 5.82 Å². The Hall–Kier alpha value is -1.39. The molecule has 0 N–H and O–H groups in total. The minimum Gasteiger partial charge on any atom is -0.281 e. The maximum atomic E-state index is 12.7. The second-order valence-corrected chi connectivity index (χ2v) is 2.97. The van der Waals surface area contributed by atoms with E-state index in [2.05, 4.69) is 4.99 Å². The minimum atomic E-state index is -4.45. The lowest BCUT2D eigenvalue weighted by atomic mass is 10.0. The van der Waals surface area contributed by atoms with Gasteiger partial charge < -0.3 is 0 Å². The fourth-order valence-electron chi connectivity index (χ4n) is 1.24. The van der Waals surface area contributed by atoms with Gasteiger partial charge in [0.2, 0.25) is 0 Å². The van der Waals surface area contributed by atoms with E-state index < -0.39 is 23.6 Å². The summed E-state index contributed by atoms with van der Waals surface area (Å²) < 4.78 is 49.9. The summed E-state index contributed by atoms with van der Waals surface area (Å²) in [5.41, 5.74) is -0.932. The first-order chi connectivity index (χ1) is 6.48. The van der Waals surface area contributed by atoms with Crippen LogP contribution in [0.1, 0.15) is 17.2 Å². The topological polar surface area (TPSA) is 12.4 Å². The number of aliphatic imine (C=N–C) groups is 1. The predicted molar refractivity (Wildman–Crippen MR) is 42.6 cm³/mol. The predicted octanol–water partition coefficient (Wildman–Crippen LogP) is 2.97. The van der Waals surface area contributed by atoms with Gasteiger partial charge in [-0.1, -0.05) is 0 Å². The number of alkyl halides is 3. The summed E-state index contributed by atoms with van der Waals surface area (Å²) in [5, 5.41) is 0. The minimum absolute atomic E-state index is 0.113. The summed E-state index contributed by atoms with van der Waals surface area (Å²) in [5.74, 6) is -0.677. The van der Waals surface area contributed by atoms with Crippen molar-refractivity contribution >= 4 is 6.21 Å². The largest absolute Gasteiger partial charge is 0.416 e. The van der Waals surface area contributed by atoms with Crippen LogP contribution in [0.4, 0.5) is 17.6 Å². The van der Waals surface area contributed by atoms with Gasteiger partial charge in [-0.05, 0) is 23.8 Å². The van der Waals surface area contributed by atoms with E-state index >= 15 is 0 Å². The highest BCUT2D eigenvalue weighted by molar-refractivity contribution is 5.80. The summed E-state index contributed by atoms with van der Waals surface area (Å²) >= 11 is 0. The number of rotatable bonds is 1. The SMILES string of the molecule is Fc1ccc(C(F)(F)F)c(C2C=N2)c1. The fourth-order valence-corrected chi connectivity index (χ4v) is 1.24. The first-order valence-corrected chi connectivity index (χ1v) is 3.88. The second kappa shape index (κ2) is 2.80. The van der Waals surface area contributed by atoms with Gasteiger partial charge >= 0.3 is 6.18 Å². The molecule has 2 rings (SSSR count). The molecule has 14 heavy (non-hydrogen) atoms. The third-order valence-corrected chi connectivity index (χ3v) is 1.94. The summed E-state index contributed by atoms with van der Waals surface area (Å²) in [4.78, 5) is 3.60. The summed E-state index contributed by atoms with van der Waals surface area (Å²) in [6.45, 7) is 0. The molecular weight excluding hydrogens is 198 g/mol. The molecule has 0 aliphatic carbocycles. The maximum Gasteiger partial charge on any atom is 0.416 e. The normalized spacial score (nSPS) is 19.9. The van der Waals surface area contributed by atoms with E-state index in [1.165, 1.54) is 6.21 Å². The third kappa shape index (κ3) is 1.62. The van der Waals surface area contributed by atoms with E-state index in [1.807, 2.05) is 0 Å². The van der Waals surface area contributed by atoms with Crippen LogP contribution in [0.5, 0.6) is 0 Å². The van der Waals surface area contributed by atoms with Gasteiger partial charge in [-0.3, -0.25) is 4.99 Å². The zero-order valence-corrected chi connectivity index (χ0v) is 6.85. The number of hydrogen-bond donors (Lipinski definition) is 0. The second-order valence-electron chi connectivity index (χ2n) is 2.97. The highest BCUT2D eigenvalue weighted by Crippen LogP contribution is 2.38. The van der Waals surface area contributed by atoms with Gasteiger partial charge in [0.1, 0.15) is 11.9 Å². The Labute approximate surface area is 77.1 Å². The number of nitrogens with zero attached hydrogens (tertiary/aromatic N) is 1. The molecule has 0 spiro atoms. The molecule has 1 heterocycles.